The van der Waals surface area contributed by atoms with Gasteiger partial charge in [0.2, 0.25) is 0 Å². The number of nitrogens with zero attached hydrogens (tertiary/aromatic N) is 1. The summed E-state index contributed by atoms with van der Waals surface area (Å²) in [5.74, 6) is -3.80. The van der Waals surface area contributed by atoms with Gasteiger partial charge < -0.3 is 5.32 Å². The molecule has 3 nitrogen and oxygen atoms in total. The average molecular weight is 311 g/mol. The van der Waals surface area contributed by atoms with Crippen LogP contribution in [-0.2, 0) is 5.92 Å². The third kappa shape index (κ3) is 3.76. The van der Waals surface area contributed by atoms with E-state index >= 15 is 0 Å². The molecule has 0 spiro atoms. The van der Waals surface area contributed by atoms with Crippen molar-refractivity contribution in [2.75, 3.05) is 6.54 Å². The fourth-order valence-electron chi connectivity index (χ4n) is 1.79. The number of hydrogen-bond donors (Lipinski definition) is 1. The lowest BCUT2D eigenvalue weighted by Gasteiger charge is -2.17. The predicted octanol–water partition coefficient (Wildman–Crippen LogP) is 3.57. The summed E-state index contributed by atoms with van der Waals surface area (Å²) < 4.78 is 28.0. The second-order valence-corrected chi connectivity index (χ2v) is 5.00. The van der Waals surface area contributed by atoms with Gasteiger partial charge in [-0.25, -0.2) is 0 Å². The molecule has 0 atom stereocenters. The molecule has 6 heteroatoms. The van der Waals surface area contributed by atoms with E-state index in [1.165, 1.54) is 30.5 Å². The van der Waals surface area contributed by atoms with E-state index in [1.807, 2.05) is 0 Å². The number of carbonyl (C=O) groups is 1. The number of pyridine rings is 1. The minimum Gasteiger partial charge on any atom is -0.344 e. The summed E-state index contributed by atoms with van der Waals surface area (Å²) in [6.07, 6.45) is 1.44. The van der Waals surface area contributed by atoms with Crippen LogP contribution in [0.5, 0.6) is 0 Å². The zero-order valence-electron chi connectivity index (χ0n) is 11.2. The third-order valence-corrected chi connectivity index (χ3v) is 3.21. The van der Waals surface area contributed by atoms with Crippen LogP contribution in [0.1, 0.15) is 21.6 Å². The maximum absolute atomic E-state index is 14.0. The molecule has 0 aliphatic rings. The zero-order chi connectivity index (χ0) is 15.5. The van der Waals surface area contributed by atoms with E-state index in [1.54, 1.807) is 19.1 Å². The molecule has 0 fully saturated rings. The number of carbonyl (C=O) groups excluding carboxylic acids is 1. The molecule has 0 saturated heterocycles. The number of benzene rings is 1. The van der Waals surface area contributed by atoms with E-state index in [-0.39, 0.29) is 11.3 Å². The average Bonchev–Trinajstić information content (AvgIpc) is 2.46. The summed E-state index contributed by atoms with van der Waals surface area (Å²) in [6.45, 7) is 0.892. The fraction of sp³-hybridized carbons (Fsp3) is 0.200. The minimum absolute atomic E-state index is 0.143. The maximum Gasteiger partial charge on any atom is 0.290 e. The Balaban J connectivity index is 2.06. The topological polar surface area (TPSA) is 42.0 Å². The van der Waals surface area contributed by atoms with Crippen LogP contribution in [0.2, 0.25) is 5.02 Å². The first kappa shape index (κ1) is 15.4. The lowest BCUT2D eigenvalue weighted by molar-refractivity contribution is -0.00252. The molecule has 110 valence electrons. The lowest BCUT2D eigenvalue weighted by atomic mass is 10.1. The first-order valence-electron chi connectivity index (χ1n) is 6.24. The van der Waals surface area contributed by atoms with Gasteiger partial charge in [0.25, 0.3) is 11.8 Å². The van der Waals surface area contributed by atoms with Gasteiger partial charge in [-0.3, -0.25) is 9.78 Å². The van der Waals surface area contributed by atoms with Crippen molar-refractivity contribution in [1.29, 1.82) is 0 Å². The minimum atomic E-state index is -3.18. The number of rotatable bonds is 4. The number of aryl methyl sites for hydroxylation is 1. The predicted molar refractivity (Wildman–Crippen MR) is 76.7 cm³/mol. The highest BCUT2D eigenvalue weighted by molar-refractivity contribution is 6.30. The van der Waals surface area contributed by atoms with Crippen LogP contribution >= 0.6 is 11.6 Å². The molecule has 1 N–H and O–H groups in total. The van der Waals surface area contributed by atoms with E-state index in [4.69, 9.17) is 11.6 Å². The summed E-state index contributed by atoms with van der Waals surface area (Å²) >= 11 is 5.66. The van der Waals surface area contributed by atoms with Crippen molar-refractivity contribution in [2.45, 2.75) is 12.8 Å². The van der Waals surface area contributed by atoms with Gasteiger partial charge in [0.15, 0.2) is 0 Å². The van der Waals surface area contributed by atoms with Crippen LogP contribution in [0, 0.1) is 6.92 Å². The number of hydrogen-bond acceptors (Lipinski definition) is 2. The van der Waals surface area contributed by atoms with Crippen molar-refractivity contribution < 1.29 is 13.6 Å². The van der Waals surface area contributed by atoms with Crippen molar-refractivity contribution in [1.82, 2.24) is 10.3 Å². The zero-order valence-corrected chi connectivity index (χ0v) is 12.0. The maximum atomic E-state index is 14.0. The number of halogens is 3. The number of aromatic nitrogens is 1. The lowest BCUT2D eigenvalue weighted by Crippen LogP contribution is -2.35. The monoisotopic (exact) mass is 310 g/mol. The Morgan fingerprint density at radius 2 is 1.95 bits per heavy atom. The Hall–Kier alpha value is -2.01. The summed E-state index contributed by atoms with van der Waals surface area (Å²) in [4.78, 5) is 15.8. The molecule has 2 aromatic rings. The second-order valence-electron chi connectivity index (χ2n) is 4.56. The van der Waals surface area contributed by atoms with E-state index in [0.717, 1.165) is 0 Å². The van der Waals surface area contributed by atoms with Crippen LogP contribution in [0.25, 0.3) is 0 Å². The molecule has 0 aliphatic heterocycles. The van der Waals surface area contributed by atoms with Gasteiger partial charge in [0, 0.05) is 16.8 Å². The molecule has 2 rings (SSSR count). The Labute approximate surface area is 126 Å². The highest BCUT2D eigenvalue weighted by atomic mass is 35.5. The second kappa shape index (κ2) is 6.18. The van der Waals surface area contributed by atoms with E-state index in [0.29, 0.717) is 10.6 Å². The Morgan fingerprint density at radius 3 is 2.57 bits per heavy atom. The molecule has 1 aromatic heterocycles. The summed E-state index contributed by atoms with van der Waals surface area (Å²) in [6, 6.07) is 8.61. The van der Waals surface area contributed by atoms with Gasteiger partial charge in [-0.15, -0.1) is 0 Å². The SMILES string of the molecule is Cc1cccnc1C(=O)NCC(F)(F)c1ccc(Cl)cc1. The first-order chi connectivity index (χ1) is 9.90. The van der Waals surface area contributed by atoms with Crippen molar-refractivity contribution >= 4 is 17.5 Å². The number of nitrogens with one attached hydrogen (secondary N) is 1. The molecule has 0 bridgehead atoms. The molecular formula is C15H13ClF2N2O. The van der Waals surface area contributed by atoms with Gasteiger partial charge in [0.05, 0.1) is 6.54 Å². The molecule has 0 radical (unpaired) electrons. The summed E-state index contributed by atoms with van der Waals surface area (Å²) in [5.41, 5.74) is 0.569. The van der Waals surface area contributed by atoms with Gasteiger partial charge in [-0.2, -0.15) is 8.78 Å². The van der Waals surface area contributed by atoms with Crippen molar-refractivity contribution in [3.05, 3.63) is 64.4 Å². The molecular weight excluding hydrogens is 298 g/mol. The summed E-state index contributed by atoms with van der Waals surface area (Å²) in [7, 11) is 0. The fourth-order valence-corrected chi connectivity index (χ4v) is 1.92. The number of amides is 1. The van der Waals surface area contributed by atoms with Crippen LogP contribution in [-0.4, -0.2) is 17.4 Å². The molecule has 0 saturated carbocycles. The standard InChI is InChI=1S/C15H13ClF2N2O/c1-10-3-2-8-19-13(10)14(21)20-9-15(17,18)11-4-6-12(16)7-5-11/h2-8H,9H2,1H3,(H,20,21). The largest absolute Gasteiger partial charge is 0.344 e. The molecule has 0 aliphatic carbocycles. The van der Waals surface area contributed by atoms with Gasteiger partial charge in [-0.1, -0.05) is 29.8 Å². The van der Waals surface area contributed by atoms with Crippen LogP contribution in [0.15, 0.2) is 42.6 Å². The van der Waals surface area contributed by atoms with Gasteiger partial charge >= 0.3 is 0 Å². The third-order valence-electron chi connectivity index (χ3n) is 2.96. The molecule has 0 unspecified atom stereocenters. The normalized spacial score (nSPS) is 11.2. The quantitative estimate of drug-likeness (QED) is 0.938. The van der Waals surface area contributed by atoms with Crippen LogP contribution in [0.3, 0.4) is 0 Å². The van der Waals surface area contributed by atoms with E-state index in [9.17, 15) is 13.6 Å². The van der Waals surface area contributed by atoms with Gasteiger partial charge in [-0.05, 0) is 30.7 Å². The molecule has 1 aromatic carbocycles. The number of alkyl halides is 2. The Kier molecular flexibility index (Phi) is 4.53. The van der Waals surface area contributed by atoms with Gasteiger partial charge in [0.1, 0.15) is 5.69 Å². The van der Waals surface area contributed by atoms with Crippen LogP contribution in [0.4, 0.5) is 8.78 Å². The van der Waals surface area contributed by atoms with E-state index in [2.05, 4.69) is 10.3 Å². The van der Waals surface area contributed by atoms with Crippen molar-refractivity contribution in [2.24, 2.45) is 0 Å². The Bertz CT molecular complexity index is 644. The highest BCUT2D eigenvalue weighted by Gasteiger charge is 2.32. The Morgan fingerprint density at radius 1 is 1.29 bits per heavy atom. The van der Waals surface area contributed by atoms with Crippen molar-refractivity contribution in [3.8, 4) is 0 Å². The van der Waals surface area contributed by atoms with E-state index < -0.39 is 18.4 Å². The molecule has 1 heterocycles. The molecule has 1 amide bonds. The smallest absolute Gasteiger partial charge is 0.290 e. The van der Waals surface area contributed by atoms with Crippen molar-refractivity contribution in [3.63, 3.8) is 0 Å². The summed E-state index contributed by atoms with van der Waals surface area (Å²) in [5, 5.41) is 2.59. The first-order valence-corrected chi connectivity index (χ1v) is 6.61. The highest BCUT2D eigenvalue weighted by Crippen LogP contribution is 2.28. The van der Waals surface area contributed by atoms with Crippen LogP contribution < -0.4 is 5.32 Å². The molecule has 21 heavy (non-hydrogen) atoms.